The Morgan fingerprint density at radius 1 is 1.35 bits per heavy atom. The van der Waals surface area contributed by atoms with Gasteiger partial charge in [-0.3, -0.25) is 10.1 Å². The molecule has 2 amide bonds. The molecular formula is C9H13N5O5S. The molecule has 0 saturated heterocycles. The maximum absolute atomic E-state index is 11.9. The number of urea groups is 1. The Bertz CT molecular complexity index is 630. The van der Waals surface area contributed by atoms with Crippen LogP contribution in [0.4, 0.5) is 16.2 Å². The molecule has 0 fully saturated rings. The molecule has 0 heterocycles. The summed E-state index contributed by atoms with van der Waals surface area (Å²) in [4.78, 5) is 19.9. The minimum atomic E-state index is -4.12. The third-order valence-corrected chi connectivity index (χ3v) is 3.71. The van der Waals surface area contributed by atoms with E-state index in [1.807, 2.05) is 0 Å². The van der Waals surface area contributed by atoms with Gasteiger partial charge in [-0.2, -0.15) is 0 Å². The summed E-state index contributed by atoms with van der Waals surface area (Å²) in [5.74, 6) is 0. The van der Waals surface area contributed by atoms with E-state index in [1.54, 1.807) is 0 Å². The average molecular weight is 303 g/mol. The van der Waals surface area contributed by atoms with Crippen molar-refractivity contribution < 1.29 is 18.1 Å². The fourth-order valence-electron chi connectivity index (χ4n) is 1.40. The van der Waals surface area contributed by atoms with Gasteiger partial charge < -0.3 is 16.8 Å². The number of primary amides is 1. The van der Waals surface area contributed by atoms with E-state index in [2.05, 4.69) is 10.0 Å². The largest absolute Gasteiger partial charge is 0.393 e. The summed E-state index contributed by atoms with van der Waals surface area (Å²) in [6, 6.07) is 2.78. The highest BCUT2D eigenvalue weighted by Gasteiger charge is 2.27. The van der Waals surface area contributed by atoms with Crippen molar-refractivity contribution in [1.29, 1.82) is 0 Å². The summed E-state index contributed by atoms with van der Waals surface area (Å²) in [6.07, 6.45) is 0. The lowest BCUT2D eigenvalue weighted by Crippen LogP contribution is -2.37. The van der Waals surface area contributed by atoms with Gasteiger partial charge in [0.15, 0.2) is 4.90 Å². The number of anilines is 1. The number of nitrogens with one attached hydrogen (secondary N) is 2. The van der Waals surface area contributed by atoms with Gasteiger partial charge in [0.2, 0.25) is 10.0 Å². The van der Waals surface area contributed by atoms with E-state index in [-0.39, 0.29) is 18.8 Å². The number of carbonyl (C=O) groups excluding carboxylic acids is 1. The van der Waals surface area contributed by atoms with Crippen molar-refractivity contribution in [2.45, 2.75) is 4.90 Å². The van der Waals surface area contributed by atoms with Gasteiger partial charge in [0.25, 0.3) is 0 Å². The normalized spacial score (nSPS) is 11.0. The van der Waals surface area contributed by atoms with Crippen LogP contribution in [0.5, 0.6) is 0 Å². The van der Waals surface area contributed by atoms with Crippen LogP contribution < -0.4 is 21.5 Å². The first-order chi connectivity index (χ1) is 9.25. The lowest BCUT2D eigenvalue weighted by atomic mass is 10.3. The van der Waals surface area contributed by atoms with Crippen LogP contribution in [0.15, 0.2) is 23.1 Å². The van der Waals surface area contributed by atoms with E-state index in [1.165, 1.54) is 12.1 Å². The van der Waals surface area contributed by atoms with Crippen molar-refractivity contribution in [2.75, 3.05) is 18.8 Å². The molecular weight excluding hydrogens is 290 g/mol. The molecule has 1 aromatic carbocycles. The Kier molecular flexibility index (Phi) is 4.83. The number of nitrogens with zero attached hydrogens (tertiary/aromatic N) is 1. The van der Waals surface area contributed by atoms with Crippen molar-refractivity contribution in [3.8, 4) is 0 Å². The van der Waals surface area contributed by atoms with Crippen molar-refractivity contribution in [3.05, 3.63) is 28.3 Å². The fourth-order valence-corrected chi connectivity index (χ4v) is 2.63. The highest BCUT2D eigenvalue weighted by atomic mass is 32.2. The zero-order chi connectivity index (χ0) is 15.3. The first kappa shape index (κ1) is 15.7. The molecule has 110 valence electrons. The molecule has 0 spiro atoms. The van der Waals surface area contributed by atoms with E-state index in [0.717, 1.165) is 6.07 Å². The molecule has 20 heavy (non-hydrogen) atoms. The molecule has 0 aliphatic heterocycles. The van der Waals surface area contributed by atoms with Crippen LogP contribution in [0, 0.1) is 10.1 Å². The van der Waals surface area contributed by atoms with Gasteiger partial charge in [0.05, 0.1) is 4.92 Å². The van der Waals surface area contributed by atoms with E-state index >= 15 is 0 Å². The lowest BCUT2D eigenvalue weighted by molar-refractivity contribution is -0.386. The molecule has 0 radical (unpaired) electrons. The molecule has 0 aliphatic carbocycles. The first-order valence-corrected chi connectivity index (χ1v) is 6.80. The molecule has 11 heteroatoms. The molecule has 0 bridgehead atoms. The Labute approximate surface area is 114 Å². The van der Waals surface area contributed by atoms with Crippen LogP contribution in [0.3, 0.4) is 0 Å². The van der Waals surface area contributed by atoms with Crippen LogP contribution in [-0.2, 0) is 10.0 Å². The lowest BCUT2D eigenvalue weighted by Gasteiger charge is -2.08. The quantitative estimate of drug-likeness (QED) is 0.230. The van der Waals surface area contributed by atoms with E-state index in [9.17, 15) is 23.3 Å². The second-order valence-electron chi connectivity index (χ2n) is 3.64. The topological polar surface area (TPSA) is 170 Å². The average Bonchev–Trinajstić information content (AvgIpc) is 2.33. The van der Waals surface area contributed by atoms with Crippen molar-refractivity contribution >= 4 is 27.4 Å². The van der Waals surface area contributed by atoms with Gasteiger partial charge >= 0.3 is 11.7 Å². The van der Waals surface area contributed by atoms with E-state index in [4.69, 9.17) is 11.5 Å². The number of nitro benzene ring substituents is 1. The van der Waals surface area contributed by atoms with Gasteiger partial charge in [-0.15, -0.1) is 0 Å². The van der Waals surface area contributed by atoms with Crippen LogP contribution in [0.25, 0.3) is 0 Å². The van der Waals surface area contributed by atoms with Crippen molar-refractivity contribution in [2.24, 2.45) is 5.73 Å². The van der Waals surface area contributed by atoms with Crippen LogP contribution >= 0.6 is 0 Å². The molecule has 0 atom stereocenters. The molecule has 6 N–H and O–H groups in total. The van der Waals surface area contributed by atoms with Gasteiger partial charge in [0.1, 0.15) is 5.69 Å². The number of nitrogen functional groups attached to an aromatic ring is 1. The number of nitrogens with two attached hydrogens (primary N) is 2. The summed E-state index contributed by atoms with van der Waals surface area (Å²) >= 11 is 0. The summed E-state index contributed by atoms with van der Waals surface area (Å²) < 4.78 is 26.0. The minimum Gasteiger partial charge on any atom is -0.393 e. The van der Waals surface area contributed by atoms with Gasteiger partial charge in [0, 0.05) is 13.1 Å². The van der Waals surface area contributed by atoms with Gasteiger partial charge in [-0.1, -0.05) is 6.07 Å². The van der Waals surface area contributed by atoms with Crippen molar-refractivity contribution in [1.82, 2.24) is 10.0 Å². The molecule has 0 aromatic heterocycles. The number of amides is 2. The summed E-state index contributed by atoms with van der Waals surface area (Å²) in [6.45, 7) is -0.220. The highest BCUT2D eigenvalue weighted by molar-refractivity contribution is 7.89. The molecule has 10 nitrogen and oxygen atoms in total. The number of para-hydroxylation sites is 1. The van der Waals surface area contributed by atoms with Crippen molar-refractivity contribution in [3.63, 3.8) is 0 Å². The number of hydrogen-bond donors (Lipinski definition) is 4. The summed E-state index contributed by atoms with van der Waals surface area (Å²) in [5.41, 5.74) is 9.26. The second kappa shape index (κ2) is 6.16. The predicted molar refractivity (Wildman–Crippen MR) is 70.3 cm³/mol. The maximum atomic E-state index is 11.9. The standard InChI is InChI=1S/C9H13N5O5S/c10-6-2-1-3-7(8(6)14(16)17)20(18,19)13-5-4-12-9(11)15/h1-3,13H,4-5,10H2,(H3,11,12,15). The Morgan fingerprint density at radius 3 is 2.55 bits per heavy atom. The monoisotopic (exact) mass is 303 g/mol. The molecule has 0 saturated carbocycles. The van der Waals surface area contributed by atoms with E-state index in [0.29, 0.717) is 0 Å². The summed E-state index contributed by atoms with van der Waals surface area (Å²) in [7, 11) is -4.12. The SMILES string of the molecule is NC(=O)NCCNS(=O)(=O)c1cccc(N)c1[N+](=O)[O-]. The Hall–Kier alpha value is -2.40. The number of sulfonamides is 1. The number of rotatable bonds is 6. The minimum absolute atomic E-state index is 0.0509. The molecule has 1 aromatic rings. The van der Waals surface area contributed by atoms with Crippen LogP contribution in [-0.4, -0.2) is 32.5 Å². The molecule has 1 rings (SSSR count). The molecule has 0 unspecified atom stereocenters. The Morgan fingerprint density at radius 2 is 2.00 bits per heavy atom. The highest BCUT2D eigenvalue weighted by Crippen LogP contribution is 2.29. The number of benzene rings is 1. The third kappa shape index (κ3) is 3.80. The molecule has 0 aliphatic rings. The zero-order valence-electron chi connectivity index (χ0n) is 10.2. The smallest absolute Gasteiger partial charge is 0.312 e. The number of carbonyl (C=O) groups is 1. The Balaban J connectivity index is 2.96. The first-order valence-electron chi connectivity index (χ1n) is 5.31. The van der Waals surface area contributed by atoms with Gasteiger partial charge in [-0.25, -0.2) is 17.9 Å². The predicted octanol–water partition coefficient (Wildman–Crippen LogP) is -0.876. The zero-order valence-corrected chi connectivity index (χ0v) is 11.0. The summed E-state index contributed by atoms with van der Waals surface area (Å²) in [5, 5.41) is 13.0. The fraction of sp³-hybridized carbons (Fsp3) is 0.222. The maximum Gasteiger partial charge on any atom is 0.312 e. The number of hydrogen-bond acceptors (Lipinski definition) is 6. The second-order valence-corrected chi connectivity index (χ2v) is 5.38. The third-order valence-electron chi connectivity index (χ3n) is 2.22. The van der Waals surface area contributed by atoms with Crippen LogP contribution in [0.2, 0.25) is 0 Å². The van der Waals surface area contributed by atoms with Gasteiger partial charge in [-0.05, 0) is 12.1 Å². The number of nitro groups is 1. The van der Waals surface area contributed by atoms with E-state index < -0.39 is 31.6 Å². The van der Waals surface area contributed by atoms with Crippen LogP contribution in [0.1, 0.15) is 0 Å².